The molecule has 3 aromatic carbocycles. The number of nitrogens with one attached hydrogen (secondary N) is 2. The Hall–Kier alpha value is -2.68. The summed E-state index contributed by atoms with van der Waals surface area (Å²) in [6, 6.07) is 19.6. The summed E-state index contributed by atoms with van der Waals surface area (Å²) in [5, 5.41) is 3.28. The lowest BCUT2D eigenvalue weighted by molar-refractivity contribution is -0.118. The molecule has 0 radical (unpaired) electrons. The van der Waals surface area contributed by atoms with Gasteiger partial charge in [-0.15, -0.1) is 11.8 Å². The Morgan fingerprint density at radius 3 is 2.37 bits per heavy atom. The number of sulfonamides is 1. The predicted octanol–water partition coefficient (Wildman–Crippen LogP) is 4.88. The van der Waals surface area contributed by atoms with Crippen LogP contribution >= 0.6 is 23.4 Å². The van der Waals surface area contributed by atoms with Gasteiger partial charge in [0, 0.05) is 21.3 Å². The van der Waals surface area contributed by atoms with Crippen molar-refractivity contribution in [1.82, 2.24) is 0 Å². The molecule has 0 atom stereocenters. The van der Waals surface area contributed by atoms with Gasteiger partial charge in [-0.3, -0.25) is 9.52 Å². The van der Waals surface area contributed by atoms with Crippen LogP contribution in [0.5, 0.6) is 5.75 Å². The van der Waals surface area contributed by atoms with Gasteiger partial charge in [0.1, 0.15) is 5.75 Å². The van der Waals surface area contributed by atoms with Crippen molar-refractivity contribution >= 4 is 50.7 Å². The average molecular weight is 463 g/mol. The van der Waals surface area contributed by atoms with Crippen LogP contribution in [-0.2, 0) is 14.8 Å². The van der Waals surface area contributed by atoms with Crippen molar-refractivity contribution in [3.8, 4) is 5.75 Å². The van der Waals surface area contributed by atoms with E-state index in [0.29, 0.717) is 22.1 Å². The summed E-state index contributed by atoms with van der Waals surface area (Å²) in [6.45, 7) is -0.196. The number of carbonyl (C=O) groups excluding carboxylic acids is 1. The summed E-state index contributed by atoms with van der Waals surface area (Å²) < 4.78 is 32.9. The van der Waals surface area contributed by atoms with Crippen LogP contribution in [0.15, 0.2) is 82.6 Å². The summed E-state index contributed by atoms with van der Waals surface area (Å²) in [5.41, 5.74) is 1.09. The monoisotopic (exact) mass is 462 g/mol. The molecule has 0 aliphatic heterocycles. The van der Waals surface area contributed by atoms with Gasteiger partial charge in [-0.2, -0.15) is 0 Å². The van der Waals surface area contributed by atoms with Crippen LogP contribution < -0.4 is 14.8 Å². The highest BCUT2D eigenvalue weighted by Crippen LogP contribution is 2.21. The number of carbonyl (C=O) groups is 1. The van der Waals surface area contributed by atoms with Crippen molar-refractivity contribution in [2.75, 3.05) is 22.9 Å². The Bertz CT molecular complexity index is 1120. The molecule has 0 heterocycles. The van der Waals surface area contributed by atoms with Crippen molar-refractivity contribution < 1.29 is 17.9 Å². The number of anilines is 2. The van der Waals surface area contributed by atoms with E-state index in [1.807, 2.05) is 24.5 Å². The van der Waals surface area contributed by atoms with E-state index in [9.17, 15) is 13.2 Å². The summed E-state index contributed by atoms with van der Waals surface area (Å²) in [7, 11) is -3.75. The second-order valence-electron chi connectivity index (χ2n) is 6.15. The Morgan fingerprint density at radius 1 is 1.00 bits per heavy atom. The fraction of sp³-hybridized carbons (Fsp3) is 0.0952. The third-order valence-electron chi connectivity index (χ3n) is 3.95. The van der Waals surface area contributed by atoms with Gasteiger partial charge in [0.2, 0.25) is 0 Å². The van der Waals surface area contributed by atoms with Gasteiger partial charge < -0.3 is 10.1 Å². The van der Waals surface area contributed by atoms with Crippen LogP contribution in [0.25, 0.3) is 0 Å². The largest absolute Gasteiger partial charge is 0.484 e. The summed E-state index contributed by atoms with van der Waals surface area (Å²) in [6.07, 6.45) is 1.96. The van der Waals surface area contributed by atoms with E-state index in [0.717, 1.165) is 4.90 Å². The molecule has 0 fully saturated rings. The normalized spacial score (nSPS) is 11.0. The summed E-state index contributed by atoms with van der Waals surface area (Å²) in [5.74, 6) is 0.0720. The van der Waals surface area contributed by atoms with Crippen molar-refractivity contribution in [1.29, 1.82) is 0 Å². The van der Waals surface area contributed by atoms with Crippen molar-refractivity contribution in [2.45, 2.75) is 9.79 Å². The quantitative estimate of drug-likeness (QED) is 0.466. The standard InChI is InChI=1S/C21H19ClN2O4S2/c1-29-19-4-2-3-17(13-19)23-21(25)14-28-18-9-11-20(12-10-18)30(26,27)24-16-7-5-15(22)6-8-16/h2-13,24H,14H2,1H3,(H,23,25). The Balaban J connectivity index is 1.57. The van der Waals surface area contributed by atoms with Crippen molar-refractivity contribution in [2.24, 2.45) is 0 Å². The van der Waals surface area contributed by atoms with E-state index in [2.05, 4.69) is 10.0 Å². The summed E-state index contributed by atoms with van der Waals surface area (Å²) in [4.78, 5) is 13.2. The van der Waals surface area contributed by atoms with Crippen LogP contribution in [0.3, 0.4) is 0 Å². The van der Waals surface area contributed by atoms with E-state index in [4.69, 9.17) is 16.3 Å². The highest BCUT2D eigenvalue weighted by atomic mass is 35.5. The van der Waals surface area contributed by atoms with Gasteiger partial charge in [0.15, 0.2) is 6.61 Å². The molecular formula is C21H19ClN2O4S2. The molecule has 0 aliphatic rings. The van der Waals surface area contributed by atoms with Gasteiger partial charge in [-0.1, -0.05) is 17.7 Å². The molecule has 0 saturated carbocycles. The lowest BCUT2D eigenvalue weighted by Crippen LogP contribution is -2.20. The minimum Gasteiger partial charge on any atom is -0.484 e. The number of rotatable bonds is 8. The molecule has 0 aromatic heterocycles. The van der Waals surface area contributed by atoms with Crippen LogP contribution in [0.4, 0.5) is 11.4 Å². The predicted molar refractivity (Wildman–Crippen MR) is 121 cm³/mol. The molecule has 1 amide bonds. The van der Waals surface area contributed by atoms with Crippen LogP contribution in [0.1, 0.15) is 0 Å². The minimum absolute atomic E-state index is 0.0723. The highest BCUT2D eigenvalue weighted by molar-refractivity contribution is 7.98. The molecule has 30 heavy (non-hydrogen) atoms. The Kier molecular flexibility index (Phi) is 7.25. The van der Waals surface area contributed by atoms with Crippen LogP contribution in [-0.4, -0.2) is 27.2 Å². The van der Waals surface area contributed by atoms with Gasteiger partial charge in [0.05, 0.1) is 4.90 Å². The molecule has 0 spiro atoms. The third kappa shape index (κ3) is 6.16. The number of hydrogen-bond acceptors (Lipinski definition) is 5. The third-order valence-corrected chi connectivity index (χ3v) is 6.33. The average Bonchev–Trinajstić information content (AvgIpc) is 2.74. The first-order chi connectivity index (χ1) is 14.4. The summed E-state index contributed by atoms with van der Waals surface area (Å²) >= 11 is 7.39. The fourth-order valence-electron chi connectivity index (χ4n) is 2.49. The maximum atomic E-state index is 12.5. The maximum absolute atomic E-state index is 12.5. The zero-order valence-electron chi connectivity index (χ0n) is 16.0. The van der Waals surface area contributed by atoms with Gasteiger partial charge in [-0.05, 0) is 73.0 Å². The number of benzene rings is 3. The molecule has 0 bridgehead atoms. The van der Waals surface area contributed by atoms with Gasteiger partial charge in [-0.25, -0.2) is 8.42 Å². The lowest BCUT2D eigenvalue weighted by Gasteiger charge is -2.10. The first-order valence-corrected chi connectivity index (χ1v) is 11.9. The zero-order valence-corrected chi connectivity index (χ0v) is 18.4. The number of ether oxygens (including phenoxy) is 1. The van der Waals surface area contributed by atoms with Crippen LogP contribution in [0.2, 0.25) is 5.02 Å². The van der Waals surface area contributed by atoms with E-state index in [1.54, 1.807) is 42.1 Å². The van der Waals surface area contributed by atoms with Gasteiger partial charge >= 0.3 is 0 Å². The number of hydrogen-bond donors (Lipinski definition) is 2. The smallest absolute Gasteiger partial charge is 0.262 e. The molecule has 156 valence electrons. The number of amides is 1. The second-order valence-corrected chi connectivity index (χ2v) is 9.15. The molecule has 3 rings (SSSR count). The molecule has 0 aliphatic carbocycles. The number of thioether (sulfide) groups is 1. The van der Waals surface area contributed by atoms with Gasteiger partial charge in [0.25, 0.3) is 15.9 Å². The van der Waals surface area contributed by atoms with Crippen molar-refractivity contribution in [3.05, 3.63) is 77.8 Å². The zero-order chi connectivity index (χ0) is 21.6. The van der Waals surface area contributed by atoms with E-state index in [1.165, 1.54) is 24.3 Å². The fourth-order valence-corrected chi connectivity index (χ4v) is 4.14. The molecule has 0 saturated heterocycles. The topological polar surface area (TPSA) is 84.5 Å². The molecule has 0 unspecified atom stereocenters. The Morgan fingerprint density at radius 2 is 1.70 bits per heavy atom. The minimum atomic E-state index is -3.75. The van der Waals surface area contributed by atoms with Crippen LogP contribution in [0, 0.1) is 0 Å². The Labute approximate surface area is 184 Å². The number of halogens is 1. The highest BCUT2D eigenvalue weighted by Gasteiger charge is 2.14. The molecule has 3 aromatic rings. The van der Waals surface area contributed by atoms with E-state index in [-0.39, 0.29) is 17.4 Å². The molecular weight excluding hydrogens is 444 g/mol. The SMILES string of the molecule is CSc1cccc(NC(=O)COc2ccc(S(=O)(=O)Nc3ccc(Cl)cc3)cc2)c1. The lowest BCUT2D eigenvalue weighted by atomic mass is 10.3. The van der Waals surface area contributed by atoms with E-state index >= 15 is 0 Å². The maximum Gasteiger partial charge on any atom is 0.262 e. The molecule has 6 nitrogen and oxygen atoms in total. The second kappa shape index (κ2) is 9.88. The van der Waals surface area contributed by atoms with Crippen molar-refractivity contribution in [3.63, 3.8) is 0 Å². The molecule has 9 heteroatoms. The van der Waals surface area contributed by atoms with E-state index < -0.39 is 10.0 Å². The first kappa shape index (κ1) is 22.0. The molecule has 2 N–H and O–H groups in total. The first-order valence-electron chi connectivity index (χ1n) is 8.81.